The lowest BCUT2D eigenvalue weighted by molar-refractivity contribution is 0.0996. The molecule has 0 aliphatic carbocycles. The smallest absolute Gasteiger partial charge is 0.267 e. The van der Waals surface area contributed by atoms with Crippen LogP contribution in [0.4, 0.5) is 11.5 Å². The molecule has 1 aromatic rings. The van der Waals surface area contributed by atoms with E-state index in [1.807, 2.05) is 0 Å². The van der Waals surface area contributed by atoms with Crippen LogP contribution in [0, 0.1) is 0 Å². The third-order valence-electron chi connectivity index (χ3n) is 3.35. The summed E-state index contributed by atoms with van der Waals surface area (Å²) in [6.07, 6.45) is 3.88. The molecule has 6 heteroatoms. The average molecular weight is 263 g/mol. The molecule has 6 nitrogen and oxygen atoms in total. The largest absolute Gasteiger partial charge is 0.396 e. The monoisotopic (exact) mass is 263 g/mol. The quantitative estimate of drug-likeness (QED) is 0.725. The zero-order valence-corrected chi connectivity index (χ0v) is 11.1. The number of piperidine rings is 1. The normalized spacial score (nSPS) is 16.2. The van der Waals surface area contributed by atoms with Crippen molar-refractivity contribution in [2.45, 2.75) is 19.3 Å². The molecule has 2 rings (SSSR count). The Bertz CT molecular complexity index is 443. The molecule has 1 fully saturated rings. The van der Waals surface area contributed by atoms with Gasteiger partial charge in [-0.05, 0) is 38.1 Å². The number of nitrogens with one attached hydrogen (secondary N) is 1. The molecule has 1 amide bonds. The van der Waals surface area contributed by atoms with E-state index in [4.69, 9.17) is 11.5 Å². The van der Waals surface area contributed by atoms with Crippen molar-refractivity contribution in [3.05, 3.63) is 17.8 Å². The van der Waals surface area contributed by atoms with Crippen molar-refractivity contribution < 1.29 is 4.79 Å². The Labute approximate surface area is 113 Å². The Morgan fingerprint density at radius 2 is 2.05 bits per heavy atom. The van der Waals surface area contributed by atoms with Crippen LogP contribution < -0.4 is 16.8 Å². The van der Waals surface area contributed by atoms with Crippen LogP contribution in [0.1, 0.15) is 29.8 Å². The van der Waals surface area contributed by atoms with Gasteiger partial charge in [0.25, 0.3) is 5.91 Å². The second-order valence-electron chi connectivity index (χ2n) is 4.83. The van der Waals surface area contributed by atoms with Crippen LogP contribution in [0.3, 0.4) is 0 Å². The molecule has 0 bridgehead atoms. The molecule has 0 aromatic carbocycles. The molecule has 1 saturated heterocycles. The number of pyridine rings is 1. The first-order chi connectivity index (χ1) is 9.16. The Kier molecular flexibility index (Phi) is 4.57. The molecule has 0 unspecified atom stereocenters. The number of carbonyl (C=O) groups is 1. The lowest BCUT2D eigenvalue weighted by Gasteiger charge is -2.26. The minimum absolute atomic E-state index is 0.231. The maximum atomic E-state index is 11.1. The highest BCUT2D eigenvalue weighted by atomic mass is 16.1. The zero-order chi connectivity index (χ0) is 13.7. The molecule has 0 spiro atoms. The Morgan fingerprint density at radius 3 is 2.74 bits per heavy atom. The van der Waals surface area contributed by atoms with E-state index in [1.165, 1.54) is 25.3 Å². The number of aromatic nitrogens is 1. The van der Waals surface area contributed by atoms with E-state index in [0.29, 0.717) is 11.5 Å². The van der Waals surface area contributed by atoms with Crippen molar-refractivity contribution in [1.82, 2.24) is 9.88 Å². The Morgan fingerprint density at radius 1 is 1.32 bits per heavy atom. The predicted molar refractivity (Wildman–Crippen MR) is 75.9 cm³/mol. The molecule has 0 saturated carbocycles. The van der Waals surface area contributed by atoms with Gasteiger partial charge < -0.3 is 21.7 Å². The van der Waals surface area contributed by atoms with Crippen LogP contribution in [0.2, 0.25) is 0 Å². The first-order valence-electron chi connectivity index (χ1n) is 6.69. The van der Waals surface area contributed by atoms with Gasteiger partial charge in [0.2, 0.25) is 0 Å². The summed E-state index contributed by atoms with van der Waals surface area (Å²) in [7, 11) is 0. The van der Waals surface area contributed by atoms with Crippen LogP contribution in [0.5, 0.6) is 0 Å². The molecule has 19 heavy (non-hydrogen) atoms. The van der Waals surface area contributed by atoms with E-state index >= 15 is 0 Å². The minimum Gasteiger partial charge on any atom is -0.396 e. The Hall–Kier alpha value is -1.82. The van der Waals surface area contributed by atoms with Crippen LogP contribution in [-0.2, 0) is 0 Å². The van der Waals surface area contributed by atoms with Gasteiger partial charge in [-0.2, -0.15) is 0 Å². The van der Waals surface area contributed by atoms with E-state index in [2.05, 4.69) is 15.2 Å². The number of nitrogen functional groups attached to an aromatic ring is 1. The van der Waals surface area contributed by atoms with Gasteiger partial charge in [0.1, 0.15) is 11.5 Å². The van der Waals surface area contributed by atoms with Gasteiger partial charge in [0, 0.05) is 13.1 Å². The summed E-state index contributed by atoms with van der Waals surface area (Å²) in [5.41, 5.74) is 11.8. The molecule has 5 N–H and O–H groups in total. The van der Waals surface area contributed by atoms with Crippen molar-refractivity contribution in [3.63, 3.8) is 0 Å². The van der Waals surface area contributed by atoms with E-state index in [-0.39, 0.29) is 5.69 Å². The van der Waals surface area contributed by atoms with Crippen LogP contribution >= 0.6 is 0 Å². The number of amides is 1. The fraction of sp³-hybridized carbons (Fsp3) is 0.538. The minimum atomic E-state index is -0.543. The average Bonchev–Trinajstić information content (AvgIpc) is 2.42. The van der Waals surface area contributed by atoms with Crippen molar-refractivity contribution >= 4 is 17.4 Å². The summed E-state index contributed by atoms with van der Waals surface area (Å²) in [5, 5.41) is 3.17. The van der Waals surface area contributed by atoms with Gasteiger partial charge in [-0.1, -0.05) is 6.42 Å². The summed E-state index contributed by atoms with van der Waals surface area (Å²) in [5.74, 6) is -0.00705. The summed E-state index contributed by atoms with van der Waals surface area (Å²) in [6, 6.07) is 3.18. The first kappa shape index (κ1) is 13.6. The number of nitrogens with zero attached hydrogens (tertiary/aromatic N) is 2. The van der Waals surface area contributed by atoms with Gasteiger partial charge in [0.05, 0.1) is 5.69 Å². The Balaban J connectivity index is 1.87. The van der Waals surface area contributed by atoms with E-state index < -0.39 is 5.91 Å². The van der Waals surface area contributed by atoms with Gasteiger partial charge >= 0.3 is 0 Å². The standard InChI is InChI=1S/C13H21N5O/c14-10-4-5-11(12(15)19)17-13(10)16-6-9-18-7-2-1-3-8-18/h4-5H,1-3,6-9,14H2,(H2,15,19)(H,16,17). The number of rotatable bonds is 5. The summed E-state index contributed by atoms with van der Waals surface area (Å²) in [4.78, 5) is 17.6. The molecule has 0 atom stereocenters. The number of likely N-dealkylation sites (tertiary alicyclic amines) is 1. The van der Waals surface area contributed by atoms with E-state index in [9.17, 15) is 4.79 Å². The topological polar surface area (TPSA) is 97.3 Å². The van der Waals surface area contributed by atoms with Crippen molar-refractivity contribution in [2.24, 2.45) is 5.73 Å². The number of carbonyl (C=O) groups excluding carboxylic acids is 1. The maximum absolute atomic E-state index is 11.1. The number of hydrogen-bond acceptors (Lipinski definition) is 5. The zero-order valence-electron chi connectivity index (χ0n) is 11.1. The van der Waals surface area contributed by atoms with Crippen LogP contribution in [0.25, 0.3) is 0 Å². The number of hydrogen-bond donors (Lipinski definition) is 3. The van der Waals surface area contributed by atoms with Crippen LogP contribution in [-0.4, -0.2) is 42.0 Å². The molecular weight excluding hydrogens is 242 g/mol. The number of anilines is 2. The summed E-state index contributed by atoms with van der Waals surface area (Å²) < 4.78 is 0. The van der Waals surface area contributed by atoms with Gasteiger partial charge in [0.15, 0.2) is 0 Å². The van der Waals surface area contributed by atoms with Gasteiger partial charge in [-0.3, -0.25) is 4.79 Å². The molecule has 2 heterocycles. The third kappa shape index (κ3) is 3.82. The summed E-state index contributed by atoms with van der Waals surface area (Å²) in [6.45, 7) is 4.04. The fourth-order valence-electron chi connectivity index (χ4n) is 2.26. The molecule has 1 aliphatic rings. The summed E-state index contributed by atoms with van der Waals surface area (Å²) >= 11 is 0. The van der Waals surface area contributed by atoms with Crippen molar-refractivity contribution in [2.75, 3.05) is 37.2 Å². The van der Waals surface area contributed by atoms with Gasteiger partial charge in [-0.15, -0.1) is 0 Å². The van der Waals surface area contributed by atoms with E-state index in [1.54, 1.807) is 6.07 Å². The lowest BCUT2D eigenvalue weighted by Crippen LogP contribution is -2.34. The molecule has 1 aliphatic heterocycles. The molecule has 0 radical (unpaired) electrons. The highest BCUT2D eigenvalue weighted by Crippen LogP contribution is 2.15. The first-order valence-corrected chi connectivity index (χ1v) is 6.69. The molecular formula is C13H21N5O. The SMILES string of the molecule is NC(=O)c1ccc(N)c(NCCN2CCCCC2)n1. The number of nitrogens with two attached hydrogens (primary N) is 2. The van der Waals surface area contributed by atoms with Gasteiger partial charge in [-0.25, -0.2) is 4.98 Å². The molecule has 104 valence electrons. The predicted octanol–water partition coefficient (Wildman–Crippen LogP) is 0.660. The van der Waals surface area contributed by atoms with Crippen LogP contribution in [0.15, 0.2) is 12.1 Å². The number of primary amides is 1. The van der Waals surface area contributed by atoms with Crippen molar-refractivity contribution in [1.29, 1.82) is 0 Å². The fourth-order valence-corrected chi connectivity index (χ4v) is 2.26. The highest BCUT2D eigenvalue weighted by Gasteiger charge is 2.10. The molecule has 1 aromatic heterocycles. The second-order valence-corrected chi connectivity index (χ2v) is 4.83. The highest BCUT2D eigenvalue weighted by molar-refractivity contribution is 5.91. The van der Waals surface area contributed by atoms with E-state index in [0.717, 1.165) is 26.2 Å². The van der Waals surface area contributed by atoms with Crippen molar-refractivity contribution in [3.8, 4) is 0 Å². The lowest BCUT2D eigenvalue weighted by atomic mass is 10.1. The maximum Gasteiger partial charge on any atom is 0.267 e. The third-order valence-corrected chi connectivity index (χ3v) is 3.35. The second kappa shape index (κ2) is 6.38.